The first-order chi connectivity index (χ1) is 14.8. The minimum Gasteiger partial charge on any atom is -0.483 e. The number of rotatable bonds is 8. The van der Waals surface area contributed by atoms with Crippen molar-refractivity contribution >= 4 is 11.8 Å². The molecule has 6 heteroatoms. The molecule has 2 aromatic carbocycles. The summed E-state index contributed by atoms with van der Waals surface area (Å²) in [5, 5.41) is 3.07. The third-order valence-corrected chi connectivity index (χ3v) is 6.04. The Morgan fingerprint density at radius 2 is 1.81 bits per heavy atom. The van der Waals surface area contributed by atoms with Gasteiger partial charge in [0.1, 0.15) is 17.6 Å². The van der Waals surface area contributed by atoms with E-state index in [1.54, 1.807) is 19.1 Å². The summed E-state index contributed by atoms with van der Waals surface area (Å²) in [6.07, 6.45) is 4.17. The molecule has 1 saturated carbocycles. The first kappa shape index (κ1) is 22.8. The maximum Gasteiger partial charge on any atom is 0.261 e. The van der Waals surface area contributed by atoms with Crippen molar-refractivity contribution in [1.29, 1.82) is 0 Å². The summed E-state index contributed by atoms with van der Waals surface area (Å²) >= 11 is 0. The predicted octanol–water partition coefficient (Wildman–Crippen LogP) is 4.30. The molecule has 1 N–H and O–H groups in total. The molecule has 0 aliphatic heterocycles. The number of nitrogens with zero attached hydrogens (tertiary/aromatic N) is 1. The minimum absolute atomic E-state index is 0.170. The van der Waals surface area contributed by atoms with E-state index in [4.69, 9.17) is 4.74 Å². The fraction of sp³-hybridized carbons (Fsp3) is 0.440. The van der Waals surface area contributed by atoms with E-state index >= 15 is 0 Å². The highest BCUT2D eigenvalue weighted by Crippen LogP contribution is 2.21. The van der Waals surface area contributed by atoms with Crippen LogP contribution in [0.25, 0.3) is 0 Å². The zero-order valence-corrected chi connectivity index (χ0v) is 18.5. The van der Waals surface area contributed by atoms with E-state index in [9.17, 15) is 14.0 Å². The van der Waals surface area contributed by atoms with Crippen LogP contribution < -0.4 is 10.1 Å². The van der Waals surface area contributed by atoms with E-state index in [0.717, 1.165) is 42.4 Å². The van der Waals surface area contributed by atoms with Gasteiger partial charge in [0.15, 0.2) is 6.61 Å². The Hall–Kier alpha value is -2.89. The van der Waals surface area contributed by atoms with Gasteiger partial charge in [-0.2, -0.15) is 0 Å². The molecule has 0 spiro atoms. The lowest BCUT2D eigenvalue weighted by Gasteiger charge is -2.29. The minimum atomic E-state index is -0.666. The van der Waals surface area contributed by atoms with Crippen LogP contribution in [0.15, 0.2) is 42.5 Å². The second kappa shape index (κ2) is 10.4. The largest absolute Gasteiger partial charge is 0.483 e. The molecule has 0 unspecified atom stereocenters. The standard InChI is InChI=1S/C25H31FN2O3/c1-17-7-6-10-23(18(17)2)31-16-24(29)28(15-20-11-13-21(26)14-12-20)19(3)25(30)27-22-8-4-5-9-22/h6-7,10-14,19,22H,4-5,8-9,15-16H2,1-3H3,(H,27,30)/t19-/m0/s1. The van der Waals surface area contributed by atoms with Gasteiger partial charge in [-0.1, -0.05) is 37.1 Å². The number of amides is 2. The molecule has 3 rings (SSSR count). The normalized spacial score (nSPS) is 14.8. The van der Waals surface area contributed by atoms with Crippen LogP contribution in [0.4, 0.5) is 4.39 Å². The highest BCUT2D eigenvalue weighted by atomic mass is 19.1. The Morgan fingerprint density at radius 1 is 1.13 bits per heavy atom. The highest BCUT2D eigenvalue weighted by Gasteiger charge is 2.28. The van der Waals surface area contributed by atoms with Gasteiger partial charge in [0.2, 0.25) is 5.91 Å². The second-order valence-corrected chi connectivity index (χ2v) is 8.30. The molecule has 1 fully saturated rings. The highest BCUT2D eigenvalue weighted by molar-refractivity contribution is 5.88. The van der Waals surface area contributed by atoms with Crippen LogP contribution in [0.5, 0.6) is 5.75 Å². The van der Waals surface area contributed by atoms with E-state index in [1.807, 2.05) is 32.0 Å². The number of aryl methyl sites for hydroxylation is 1. The van der Waals surface area contributed by atoms with Crippen molar-refractivity contribution in [3.05, 3.63) is 65.0 Å². The fourth-order valence-electron chi connectivity index (χ4n) is 3.86. The molecule has 0 aromatic heterocycles. The fourth-order valence-corrected chi connectivity index (χ4v) is 3.86. The van der Waals surface area contributed by atoms with Gasteiger partial charge in [0, 0.05) is 12.6 Å². The average molecular weight is 427 g/mol. The van der Waals surface area contributed by atoms with Crippen molar-refractivity contribution in [3.8, 4) is 5.75 Å². The Labute approximate surface area is 183 Å². The Morgan fingerprint density at radius 3 is 2.48 bits per heavy atom. The number of hydrogen-bond acceptors (Lipinski definition) is 3. The quantitative estimate of drug-likeness (QED) is 0.685. The predicted molar refractivity (Wildman–Crippen MR) is 118 cm³/mol. The zero-order valence-electron chi connectivity index (χ0n) is 18.5. The van der Waals surface area contributed by atoms with Crippen LogP contribution >= 0.6 is 0 Å². The van der Waals surface area contributed by atoms with Crippen LogP contribution in [-0.4, -0.2) is 35.4 Å². The Balaban J connectivity index is 1.73. The number of ether oxygens (including phenoxy) is 1. The van der Waals surface area contributed by atoms with Gasteiger partial charge >= 0.3 is 0 Å². The lowest BCUT2D eigenvalue weighted by molar-refractivity contribution is -0.142. The maximum atomic E-state index is 13.3. The monoisotopic (exact) mass is 426 g/mol. The summed E-state index contributed by atoms with van der Waals surface area (Å²) in [5.41, 5.74) is 2.81. The van der Waals surface area contributed by atoms with Crippen molar-refractivity contribution in [2.45, 2.75) is 65.1 Å². The number of nitrogens with one attached hydrogen (secondary N) is 1. The van der Waals surface area contributed by atoms with Crippen LogP contribution in [-0.2, 0) is 16.1 Å². The molecule has 0 heterocycles. The van der Waals surface area contributed by atoms with Crippen molar-refractivity contribution < 1.29 is 18.7 Å². The molecule has 0 saturated heterocycles. The summed E-state index contributed by atoms with van der Waals surface area (Å²) in [5.74, 6) is -0.154. The van der Waals surface area contributed by atoms with E-state index in [1.165, 1.54) is 17.0 Å². The molecule has 2 amide bonds. The summed E-state index contributed by atoms with van der Waals surface area (Å²) in [6, 6.07) is 11.2. The molecule has 166 valence electrons. The van der Waals surface area contributed by atoms with E-state index in [2.05, 4.69) is 5.32 Å². The number of benzene rings is 2. The number of carbonyl (C=O) groups is 2. The molecular formula is C25H31FN2O3. The third-order valence-electron chi connectivity index (χ3n) is 6.04. The van der Waals surface area contributed by atoms with Crippen molar-refractivity contribution in [3.63, 3.8) is 0 Å². The Kier molecular flexibility index (Phi) is 7.66. The van der Waals surface area contributed by atoms with E-state index in [0.29, 0.717) is 5.75 Å². The lowest BCUT2D eigenvalue weighted by atomic mass is 10.1. The first-order valence-electron chi connectivity index (χ1n) is 10.9. The summed E-state index contributed by atoms with van der Waals surface area (Å²) in [6.45, 7) is 5.69. The van der Waals surface area contributed by atoms with Crippen LogP contribution in [0.3, 0.4) is 0 Å². The molecule has 2 aromatic rings. The third kappa shape index (κ3) is 6.06. The summed E-state index contributed by atoms with van der Waals surface area (Å²) < 4.78 is 19.1. The molecule has 1 aliphatic carbocycles. The molecule has 31 heavy (non-hydrogen) atoms. The van der Waals surface area contributed by atoms with Gasteiger partial charge in [0.25, 0.3) is 5.91 Å². The van der Waals surface area contributed by atoms with Gasteiger partial charge in [-0.05, 0) is 68.5 Å². The molecule has 0 radical (unpaired) electrons. The van der Waals surface area contributed by atoms with E-state index in [-0.39, 0.29) is 36.8 Å². The topological polar surface area (TPSA) is 58.6 Å². The Bertz CT molecular complexity index is 907. The molecule has 1 aliphatic rings. The number of hydrogen-bond donors (Lipinski definition) is 1. The molecular weight excluding hydrogens is 395 g/mol. The molecule has 0 bridgehead atoms. The van der Waals surface area contributed by atoms with Crippen LogP contribution in [0, 0.1) is 19.7 Å². The maximum absolute atomic E-state index is 13.3. The van der Waals surface area contributed by atoms with Crippen molar-refractivity contribution in [1.82, 2.24) is 10.2 Å². The SMILES string of the molecule is Cc1cccc(OCC(=O)N(Cc2ccc(F)cc2)[C@@H](C)C(=O)NC2CCCC2)c1C. The van der Waals surface area contributed by atoms with Gasteiger partial charge in [0.05, 0.1) is 0 Å². The van der Waals surface area contributed by atoms with E-state index < -0.39 is 6.04 Å². The smallest absolute Gasteiger partial charge is 0.261 e. The lowest BCUT2D eigenvalue weighted by Crippen LogP contribution is -2.50. The average Bonchev–Trinajstić information content (AvgIpc) is 3.26. The number of carbonyl (C=O) groups excluding carboxylic acids is 2. The van der Waals surface area contributed by atoms with Crippen molar-refractivity contribution in [2.24, 2.45) is 0 Å². The second-order valence-electron chi connectivity index (χ2n) is 8.30. The zero-order chi connectivity index (χ0) is 22.4. The summed E-state index contributed by atoms with van der Waals surface area (Å²) in [7, 11) is 0. The van der Waals surface area contributed by atoms with Gasteiger partial charge in [-0.25, -0.2) is 4.39 Å². The van der Waals surface area contributed by atoms with Crippen LogP contribution in [0.1, 0.15) is 49.3 Å². The number of halogens is 1. The van der Waals surface area contributed by atoms with Gasteiger partial charge < -0.3 is 15.0 Å². The molecule has 5 nitrogen and oxygen atoms in total. The van der Waals surface area contributed by atoms with Crippen molar-refractivity contribution in [2.75, 3.05) is 6.61 Å². The van der Waals surface area contributed by atoms with Gasteiger partial charge in [-0.3, -0.25) is 9.59 Å². The summed E-state index contributed by atoms with van der Waals surface area (Å²) in [4.78, 5) is 27.5. The van der Waals surface area contributed by atoms with Crippen LogP contribution in [0.2, 0.25) is 0 Å². The van der Waals surface area contributed by atoms with Gasteiger partial charge in [-0.15, -0.1) is 0 Å². The molecule has 1 atom stereocenters. The first-order valence-corrected chi connectivity index (χ1v) is 10.9.